The summed E-state index contributed by atoms with van der Waals surface area (Å²) in [6.45, 7) is 4.43. The summed E-state index contributed by atoms with van der Waals surface area (Å²) in [6.07, 6.45) is 21.6. The van der Waals surface area contributed by atoms with Gasteiger partial charge < -0.3 is 19.2 Å². The molecule has 0 fully saturated rings. The van der Waals surface area contributed by atoms with Crippen LogP contribution < -0.4 is 64.2 Å². The fourth-order valence-electron chi connectivity index (χ4n) is 4.07. The molecule has 0 rings (SSSR count). The Balaban J connectivity index is -0.000000356. The molecule has 0 heterocycles. The molecule has 43 heavy (non-hydrogen) atoms. The Hall–Kier alpha value is 0.720. The molecule has 1 unspecified atom stereocenters. The number of hydrogen-bond acceptors (Lipinski definition) is 10. The maximum absolute atomic E-state index is 11.5. The first kappa shape index (κ1) is 50.6. The fourth-order valence-corrected chi connectivity index (χ4v) is 5.05. The molecule has 0 bridgehead atoms. The maximum Gasteiger partial charge on any atom is 1.00 e. The number of rotatable bonds is 27. The molecule has 0 saturated heterocycles. The molecule has 11 nitrogen and oxygen atoms in total. The van der Waals surface area contributed by atoms with Crippen molar-refractivity contribution in [1.82, 2.24) is 0 Å². The average Bonchev–Trinajstić information content (AvgIpc) is 2.88. The van der Waals surface area contributed by atoms with E-state index in [4.69, 9.17) is 9.29 Å². The van der Waals surface area contributed by atoms with Gasteiger partial charge in [-0.1, -0.05) is 129 Å². The van der Waals surface area contributed by atoms with Crippen molar-refractivity contribution in [2.45, 2.75) is 154 Å². The molecule has 0 aromatic heterocycles. The van der Waals surface area contributed by atoms with E-state index in [1.165, 1.54) is 83.5 Å². The van der Waals surface area contributed by atoms with Crippen LogP contribution in [0.2, 0.25) is 0 Å². The molecule has 246 valence electrons. The van der Waals surface area contributed by atoms with Crippen molar-refractivity contribution in [2.75, 3.05) is 13.2 Å². The van der Waals surface area contributed by atoms with Gasteiger partial charge in [-0.25, -0.2) is 8.42 Å². The van der Waals surface area contributed by atoms with Crippen LogP contribution in [-0.4, -0.2) is 56.3 Å². The van der Waals surface area contributed by atoms with Crippen LogP contribution in [0.25, 0.3) is 0 Å². The second-order valence-electron chi connectivity index (χ2n) is 10.3. The minimum absolute atomic E-state index is 0. The molecular weight excluding hydrogens is 622 g/mol. The van der Waals surface area contributed by atoms with Gasteiger partial charge in [0.2, 0.25) is 10.4 Å². The van der Waals surface area contributed by atoms with E-state index >= 15 is 0 Å². The van der Waals surface area contributed by atoms with E-state index in [0.717, 1.165) is 32.1 Å². The Morgan fingerprint density at radius 1 is 0.628 bits per heavy atom. The standard InChI is InChI=1S/C16H30O7S.C12H26O4S.2Na/c1-2-3-4-5-6-7-8-9-10-11-12-23-16(19)14(13-15(17)18)24(20,21)22;1-2-3-4-5-6-7-8-9-10-11-12-16-17(13,14)15;;/h14H,2-13H2,1H3,(H,17,18)(H,20,21,22);2-12H2,1H3,(H,13,14,15);;/q;;2*+1/p-2. The van der Waals surface area contributed by atoms with Crippen LogP contribution in [0.15, 0.2) is 0 Å². The number of ether oxygens (including phenoxy) is 1. The molecular formula is C28H54Na2O11S2. The first-order valence-corrected chi connectivity index (χ1v) is 18.1. The van der Waals surface area contributed by atoms with Crippen LogP contribution in [-0.2, 0) is 39.0 Å². The van der Waals surface area contributed by atoms with Crippen LogP contribution in [0.4, 0.5) is 0 Å². The number of unbranched alkanes of at least 4 members (excludes halogenated alkanes) is 18. The largest absolute Gasteiger partial charge is 1.00 e. The number of hydrogen-bond donors (Lipinski definition) is 1. The zero-order valence-electron chi connectivity index (χ0n) is 27.2. The summed E-state index contributed by atoms with van der Waals surface area (Å²) in [6, 6.07) is 0. The van der Waals surface area contributed by atoms with E-state index in [1.54, 1.807) is 0 Å². The van der Waals surface area contributed by atoms with Crippen LogP contribution in [0, 0.1) is 0 Å². The monoisotopic (exact) mass is 676 g/mol. The summed E-state index contributed by atoms with van der Waals surface area (Å²) in [5.41, 5.74) is 0. The van der Waals surface area contributed by atoms with E-state index in [2.05, 4.69) is 18.0 Å². The third-order valence-electron chi connectivity index (χ3n) is 6.44. The van der Waals surface area contributed by atoms with Gasteiger partial charge in [-0.2, -0.15) is 8.42 Å². The van der Waals surface area contributed by atoms with E-state index in [-0.39, 0.29) is 72.3 Å². The molecule has 1 atom stereocenters. The van der Waals surface area contributed by atoms with Gasteiger partial charge in [0, 0.05) is 12.4 Å². The van der Waals surface area contributed by atoms with Crippen LogP contribution in [0.1, 0.15) is 149 Å². The summed E-state index contributed by atoms with van der Waals surface area (Å²) < 4.78 is 70.0. The molecule has 0 aliphatic carbocycles. The van der Waals surface area contributed by atoms with Gasteiger partial charge in [-0.15, -0.1) is 0 Å². The van der Waals surface area contributed by atoms with Gasteiger partial charge in [-0.3, -0.25) is 13.5 Å². The van der Waals surface area contributed by atoms with Gasteiger partial charge in [0.25, 0.3) is 10.1 Å². The fraction of sp³-hybridized carbons (Fsp3) is 0.929. The molecule has 1 N–H and O–H groups in total. The van der Waals surface area contributed by atoms with Gasteiger partial charge in [0.05, 0.1) is 13.2 Å². The predicted octanol–water partition coefficient (Wildman–Crippen LogP) is -0.761. The van der Waals surface area contributed by atoms with E-state index in [0.29, 0.717) is 12.8 Å². The third kappa shape index (κ3) is 40.7. The second-order valence-corrected chi connectivity index (χ2v) is 13.0. The Bertz CT molecular complexity index is 855. The summed E-state index contributed by atoms with van der Waals surface area (Å²) in [7, 11) is -9.30. The zero-order chi connectivity index (χ0) is 31.4. The molecule has 15 heteroatoms. The van der Waals surface area contributed by atoms with Gasteiger partial charge in [-0.05, 0) is 12.8 Å². The Labute approximate surface area is 305 Å². The normalized spacial score (nSPS) is 11.8. The van der Waals surface area contributed by atoms with Crippen molar-refractivity contribution < 1.29 is 109 Å². The maximum atomic E-state index is 11.5. The van der Waals surface area contributed by atoms with E-state index in [1.807, 2.05) is 0 Å². The first-order chi connectivity index (χ1) is 19.3. The number of aliphatic carboxylic acids is 1. The van der Waals surface area contributed by atoms with Crippen molar-refractivity contribution in [3.63, 3.8) is 0 Å². The first-order valence-electron chi connectivity index (χ1n) is 15.3. The summed E-state index contributed by atoms with van der Waals surface area (Å²) in [4.78, 5) is 22.0. The van der Waals surface area contributed by atoms with E-state index in [9.17, 15) is 36.1 Å². The molecule has 0 aliphatic rings. The van der Waals surface area contributed by atoms with Crippen LogP contribution in [0.5, 0.6) is 0 Å². The van der Waals surface area contributed by atoms with Crippen molar-refractivity contribution >= 4 is 32.5 Å². The third-order valence-corrected chi connectivity index (χ3v) is 7.98. The molecule has 0 radical (unpaired) electrons. The second kappa shape index (κ2) is 34.1. The summed E-state index contributed by atoms with van der Waals surface area (Å²) in [5, 5.41) is 8.31. The minimum Gasteiger partial charge on any atom is -0.726 e. The number of carboxylic acid groups (broad SMARTS) is 1. The molecule has 0 saturated carbocycles. The molecule has 0 amide bonds. The Morgan fingerprint density at radius 3 is 1.26 bits per heavy atom. The molecule has 0 spiro atoms. The van der Waals surface area contributed by atoms with Crippen molar-refractivity contribution in [3.8, 4) is 0 Å². The zero-order valence-corrected chi connectivity index (χ0v) is 32.8. The smallest absolute Gasteiger partial charge is 0.726 e. The van der Waals surface area contributed by atoms with Gasteiger partial charge in [0.15, 0.2) is 5.25 Å². The molecule has 0 aromatic carbocycles. The number of carboxylic acids is 1. The van der Waals surface area contributed by atoms with Crippen LogP contribution in [0.3, 0.4) is 0 Å². The minimum atomic E-state index is -4.82. The SMILES string of the molecule is CCCCCCCCCCCCOC(=O)C(CC(=O)[O-])S(=O)(=O)O.CCCCCCCCCCCCOS(=O)(=O)[O-].[Na+].[Na+]. The van der Waals surface area contributed by atoms with Crippen molar-refractivity contribution in [2.24, 2.45) is 0 Å². The van der Waals surface area contributed by atoms with E-state index < -0.39 is 44.1 Å². The molecule has 0 aliphatic heterocycles. The van der Waals surface area contributed by atoms with Gasteiger partial charge in [0.1, 0.15) is 0 Å². The number of carbonyl (C=O) groups excluding carboxylic acids is 2. The Morgan fingerprint density at radius 2 is 0.953 bits per heavy atom. The summed E-state index contributed by atoms with van der Waals surface area (Å²) in [5.74, 6) is -2.99. The Kier molecular flexibility index (Phi) is 40.1. The average molecular weight is 677 g/mol. The predicted molar refractivity (Wildman–Crippen MR) is 155 cm³/mol. The van der Waals surface area contributed by atoms with Gasteiger partial charge >= 0.3 is 65.1 Å². The summed E-state index contributed by atoms with van der Waals surface area (Å²) >= 11 is 0. The number of carbonyl (C=O) groups is 2. The quantitative estimate of drug-likeness (QED) is 0.0379. The van der Waals surface area contributed by atoms with Crippen molar-refractivity contribution in [3.05, 3.63) is 0 Å². The van der Waals surface area contributed by atoms with Crippen LogP contribution >= 0.6 is 0 Å². The van der Waals surface area contributed by atoms with Crippen molar-refractivity contribution in [1.29, 1.82) is 0 Å². The molecule has 0 aromatic rings. The topological polar surface area (TPSA) is 187 Å². The number of esters is 1.